The zero-order valence-corrected chi connectivity index (χ0v) is 19.1. The van der Waals surface area contributed by atoms with E-state index in [2.05, 4.69) is 15.3 Å². The Labute approximate surface area is 201 Å². The van der Waals surface area contributed by atoms with Crippen molar-refractivity contribution < 1.29 is 23.5 Å². The minimum Gasteiger partial charge on any atom is -0.493 e. The van der Waals surface area contributed by atoms with Crippen molar-refractivity contribution >= 4 is 23.3 Å². The number of benzene rings is 1. The summed E-state index contributed by atoms with van der Waals surface area (Å²) in [6.45, 7) is 2.83. The molecule has 180 valence electrons. The number of hydrogen-bond donors (Lipinski definition) is 2. The van der Waals surface area contributed by atoms with Gasteiger partial charge in [-0.05, 0) is 36.2 Å². The number of nitrogen functional groups attached to an aromatic ring is 1. The van der Waals surface area contributed by atoms with Crippen molar-refractivity contribution in [2.45, 2.75) is 39.1 Å². The molecule has 5 rings (SSSR count). The molecule has 35 heavy (non-hydrogen) atoms. The van der Waals surface area contributed by atoms with Crippen LogP contribution in [0, 0.1) is 5.82 Å². The molecular weight excluding hydrogens is 453 g/mol. The number of halogens is 1. The third kappa shape index (κ3) is 4.40. The number of carbonyl (C=O) groups excluding carboxylic acids is 2. The Morgan fingerprint density at radius 1 is 1.23 bits per heavy atom. The second kappa shape index (κ2) is 9.30. The maximum Gasteiger partial charge on any atom is 0.313 e. The Bertz CT molecular complexity index is 1320. The summed E-state index contributed by atoms with van der Waals surface area (Å²) < 4.78 is 25.6. The molecule has 0 radical (unpaired) electrons. The summed E-state index contributed by atoms with van der Waals surface area (Å²) in [7, 11) is 0. The van der Waals surface area contributed by atoms with E-state index in [0.29, 0.717) is 29.2 Å². The fourth-order valence-electron chi connectivity index (χ4n) is 4.35. The molecule has 0 spiro atoms. The number of pyridine rings is 2. The standard InChI is InChI=1S/C25H24FN5O4/c1-14(22-19(26)3-2-7-28-22)31(11-15-4-5-16-6-8-35-21(16)9-15)25(33)24(32)30-20-10-29-23(27)18-13-34-12-17(18)20/h2-5,7,9-10,14H,6,8,11-13H2,1H3,(H2,27,29)(H,30,32). The second-order valence-electron chi connectivity index (χ2n) is 8.48. The molecule has 10 heteroatoms. The van der Waals surface area contributed by atoms with Gasteiger partial charge in [0.2, 0.25) is 0 Å². The lowest BCUT2D eigenvalue weighted by molar-refractivity contribution is -0.145. The molecule has 4 heterocycles. The van der Waals surface area contributed by atoms with Gasteiger partial charge in [-0.1, -0.05) is 12.1 Å². The van der Waals surface area contributed by atoms with Crippen molar-refractivity contribution in [3.05, 3.63) is 76.5 Å². The first kappa shape index (κ1) is 22.7. The topological polar surface area (TPSA) is 120 Å². The molecule has 9 nitrogen and oxygen atoms in total. The van der Waals surface area contributed by atoms with E-state index in [1.54, 1.807) is 6.92 Å². The molecule has 2 aromatic heterocycles. The predicted molar refractivity (Wildman–Crippen MR) is 125 cm³/mol. The minimum atomic E-state index is -0.883. The van der Waals surface area contributed by atoms with Crippen LogP contribution in [0.2, 0.25) is 0 Å². The van der Waals surface area contributed by atoms with Crippen molar-refractivity contribution in [3.8, 4) is 5.75 Å². The summed E-state index contributed by atoms with van der Waals surface area (Å²) in [6, 6.07) is 7.59. The predicted octanol–water partition coefficient (Wildman–Crippen LogP) is 2.89. The highest BCUT2D eigenvalue weighted by Gasteiger charge is 2.31. The van der Waals surface area contributed by atoms with E-state index < -0.39 is 23.7 Å². The maximum absolute atomic E-state index is 14.6. The molecule has 1 aromatic carbocycles. The first-order valence-electron chi connectivity index (χ1n) is 11.2. The Morgan fingerprint density at radius 2 is 2.06 bits per heavy atom. The van der Waals surface area contributed by atoms with E-state index >= 15 is 0 Å². The fourth-order valence-corrected chi connectivity index (χ4v) is 4.35. The van der Waals surface area contributed by atoms with Gasteiger partial charge in [-0.3, -0.25) is 14.6 Å². The van der Waals surface area contributed by atoms with E-state index in [-0.39, 0.29) is 25.5 Å². The molecule has 0 bridgehead atoms. The monoisotopic (exact) mass is 477 g/mol. The van der Waals surface area contributed by atoms with Gasteiger partial charge in [0.25, 0.3) is 0 Å². The van der Waals surface area contributed by atoms with E-state index in [1.807, 2.05) is 18.2 Å². The Kier molecular flexibility index (Phi) is 6.04. The van der Waals surface area contributed by atoms with Gasteiger partial charge in [0.05, 0.1) is 43.4 Å². The fraction of sp³-hybridized carbons (Fsp3) is 0.280. The van der Waals surface area contributed by atoms with Crippen LogP contribution in [0.3, 0.4) is 0 Å². The van der Waals surface area contributed by atoms with Crippen LogP contribution in [0.4, 0.5) is 15.9 Å². The molecule has 0 fully saturated rings. The summed E-state index contributed by atoms with van der Waals surface area (Å²) >= 11 is 0. The van der Waals surface area contributed by atoms with Crippen LogP contribution in [0.5, 0.6) is 5.75 Å². The molecule has 3 N–H and O–H groups in total. The Morgan fingerprint density at radius 3 is 2.89 bits per heavy atom. The average Bonchev–Trinajstić information content (AvgIpc) is 3.54. The van der Waals surface area contributed by atoms with Gasteiger partial charge < -0.3 is 25.4 Å². The van der Waals surface area contributed by atoms with E-state index in [9.17, 15) is 14.0 Å². The van der Waals surface area contributed by atoms with Crippen LogP contribution < -0.4 is 15.8 Å². The van der Waals surface area contributed by atoms with Crippen molar-refractivity contribution in [2.24, 2.45) is 0 Å². The second-order valence-corrected chi connectivity index (χ2v) is 8.48. The normalized spacial score (nSPS) is 14.6. The number of aromatic nitrogens is 2. The summed E-state index contributed by atoms with van der Waals surface area (Å²) in [5, 5.41) is 2.63. The van der Waals surface area contributed by atoms with Gasteiger partial charge in [-0.15, -0.1) is 0 Å². The lowest BCUT2D eigenvalue weighted by Crippen LogP contribution is -2.41. The Balaban J connectivity index is 1.44. The van der Waals surface area contributed by atoms with Crippen molar-refractivity contribution in [3.63, 3.8) is 0 Å². The molecule has 0 saturated carbocycles. The number of ether oxygens (including phenoxy) is 2. The maximum atomic E-state index is 14.6. The lowest BCUT2D eigenvalue weighted by atomic mass is 10.1. The van der Waals surface area contributed by atoms with Gasteiger partial charge in [-0.25, -0.2) is 9.37 Å². The summed E-state index contributed by atoms with van der Waals surface area (Å²) in [5.74, 6) is -1.21. The third-order valence-electron chi connectivity index (χ3n) is 6.29. The molecule has 2 aliphatic heterocycles. The Hall–Kier alpha value is -4.05. The molecular formula is C25H24FN5O4. The molecule has 2 aliphatic rings. The molecule has 1 unspecified atom stereocenters. The number of fused-ring (bicyclic) bond motifs is 2. The van der Waals surface area contributed by atoms with Crippen molar-refractivity contribution in [1.29, 1.82) is 0 Å². The highest BCUT2D eigenvalue weighted by Crippen LogP contribution is 2.31. The zero-order chi connectivity index (χ0) is 24.5. The number of nitrogens with two attached hydrogens (primary N) is 1. The van der Waals surface area contributed by atoms with E-state index in [0.717, 1.165) is 23.3 Å². The number of anilines is 2. The van der Waals surface area contributed by atoms with Crippen LogP contribution in [0.15, 0.2) is 42.7 Å². The lowest BCUT2D eigenvalue weighted by Gasteiger charge is -2.29. The number of nitrogens with zero attached hydrogens (tertiary/aromatic N) is 3. The largest absolute Gasteiger partial charge is 0.493 e. The number of nitrogens with one attached hydrogen (secondary N) is 1. The minimum absolute atomic E-state index is 0.0568. The van der Waals surface area contributed by atoms with Gasteiger partial charge in [0.15, 0.2) is 0 Å². The van der Waals surface area contributed by atoms with Crippen LogP contribution in [0.25, 0.3) is 0 Å². The first-order chi connectivity index (χ1) is 16.9. The van der Waals surface area contributed by atoms with Crippen molar-refractivity contribution in [2.75, 3.05) is 17.7 Å². The highest BCUT2D eigenvalue weighted by atomic mass is 19.1. The molecule has 1 atom stereocenters. The number of hydrogen-bond acceptors (Lipinski definition) is 7. The van der Waals surface area contributed by atoms with Crippen molar-refractivity contribution in [1.82, 2.24) is 14.9 Å². The molecule has 2 amide bonds. The van der Waals surface area contributed by atoms with Crippen LogP contribution in [-0.4, -0.2) is 33.3 Å². The SMILES string of the molecule is CC(c1ncccc1F)N(Cc1ccc2c(c1)OCC2)C(=O)C(=O)Nc1cnc(N)c2c1COC2. The highest BCUT2D eigenvalue weighted by molar-refractivity contribution is 6.39. The third-order valence-corrected chi connectivity index (χ3v) is 6.29. The van der Waals surface area contributed by atoms with Crippen LogP contribution >= 0.6 is 0 Å². The first-order valence-corrected chi connectivity index (χ1v) is 11.2. The smallest absolute Gasteiger partial charge is 0.313 e. The van der Waals surface area contributed by atoms with Gasteiger partial charge >= 0.3 is 11.8 Å². The van der Waals surface area contributed by atoms with Crippen LogP contribution in [-0.2, 0) is 40.5 Å². The van der Waals surface area contributed by atoms with Gasteiger partial charge in [0.1, 0.15) is 17.4 Å². The van der Waals surface area contributed by atoms with Crippen LogP contribution in [0.1, 0.15) is 40.9 Å². The average molecular weight is 477 g/mol. The summed E-state index contributed by atoms with van der Waals surface area (Å²) in [4.78, 5) is 36.0. The number of amides is 2. The number of carbonyl (C=O) groups is 2. The molecule has 0 aliphatic carbocycles. The van der Waals surface area contributed by atoms with Gasteiger partial charge in [-0.2, -0.15) is 0 Å². The quantitative estimate of drug-likeness (QED) is 0.542. The number of rotatable bonds is 5. The van der Waals surface area contributed by atoms with E-state index in [4.69, 9.17) is 15.2 Å². The van der Waals surface area contributed by atoms with Gasteiger partial charge in [0, 0.05) is 30.3 Å². The molecule has 3 aromatic rings. The summed E-state index contributed by atoms with van der Waals surface area (Å²) in [6.07, 6.45) is 3.67. The zero-order valence-electron chi connectivity index (χ0n) is 19.1. The van der Waals surface area contributed by atoms with E-state index in [1.165, 1.54) is 29.4 Å². The molecule has 0 saturated heterocycles. The summed E-state index contributed by atoms with van der Waals surface area (Å²) in [5.41, 5.74) is 9.52.